The predicted octanol–water partition coefficient (Wildman–Crippen LogP) is 0.697. The van der Waals surface area contributed by atoms with Gasteiger partial charge >= 0.3 is 0 Å². The Bertz CT molecular complexity index is 209. The molecule has 0 aliphatic carbocycles. The average molecular weight is 186 g/mol. The number of hydrogen-bond donors (Lipinski definition) is 0. The summed E-state index contributed by atoms with van der Waals surface area (Å²) in [5.41, 5.74) is 0.221. The zero-order chi connectivity index (χ0) is 6.69. The van der Waals surface area contributed by atoms with Gasteiger partial charge in [0.25, 0.3) is 6.29 Å². The van der Waals surface area contributed by atoms with E-state index in [0.29, 0.717) is 4.60 Å². The second-order valence-electron chi connectivity index (χ2n) is 1.33. The standard InChI is InChI=1S/C5H2BrN2O/c6-5-2-7-4(3-9)1-8-5/h1-2H. The van der Waals surface area contributed by atoms with Gasteiger partial charge in [0, 0.05) is 0 Å². The van der Waals surface area contributed by atoms with Crippen LogP contribution in [0.1, 0.15) is 5.69 Å². The monoisotopic (exact) mass is 185 g/mol. The van der Waals surface area contributed by atoms with Gasteiger partial charge in [0.2, 0.25) is 0 Å². The molecule has 0 atom stereocenters. The smallest absolute Gasteiger partial charge is 0.255 e. The molecular formula is C5H2BrN2O. The molecule has 1 radical (unpaired) electrons. The third kappa shape index (κ3) is 1.57. The van der Waals surface area contributed by atoms with E-state index in [4.69, 9.17) is 0 Å². The molecule has 0 saturated carbocycles. The Balaban J connectivity index is 3.01. The number of rotatable bonds is 1. The molecule has 45 valence electrons. The summed E-state index contributed by atoms with van der Waals surface area (Å²) in [5, 5.41) is 0. The van der Waals surface area contributed by atoms with E-state index in [2.05, 4.69) is 25.9 Å². The van der Waals surface area contributed by atoms with Crippen LogP contribution in [0.5, 0.6) is 0 Å². The van der Waals surface area contributed by atoms with Crippen molar-refractivity contribution in [3.8, 4) is 0 Å². The van der Waals surface area contributed by atoms with Crippen LogP contribution in [-0.4, -0.2) is 16.3 Å². The molecule has 1 rings (SSSR count). The van der Waals surface area contributed by atoms with Crippen LogP contribution < -0.4 is 0 Å². The molecular weight excluding hydrogens is 184 g/mol. The van der Waals surface area contributed by atoms with Gasteiger partial charge in [0.15, 0.2) is 0 Å². The zero-order valence-corrected chi connectivity index (χ0v) is 5.92. The van der Waals surface area contributed by atoms with Gasteiger partial charge in [-0.1, -0.05) is 0 Å². The molecule has 0 amide bonds. The van der Waals surface area contributed by atoms with E-state index in [1.165, 1.54) is 12.4 Å². The Morgan fingerprint density at radius 1 is 1.44 bits per heavy atom. The average Bonchev–Trinajstić information content (AvgIpc) is 1.90. The summed E-state index contributed by atoms with van der Waals surface area (Å²) in [7, 11) is 0. The van der Waals surface area contributed by atoms with Crippen molar-refractivity contribution < 1.29 is 4.79 Å². The molecule has 1 heterocycles. The number of hydrogen-bond acceptors (Lipinski definition) is 3. The minimum absolute atomic E-state index is 0.221. The quantitative estimate of drug-likeness (QED) is 0.648. The second-order valence-corrected chi connectivity index (χ2v) is 2.14. The molecule has 1 aromatic rings. The topological polar surface area (TPSA) is 42.9 Å². The summed E-state index contributed by atoms with van der Waals surface area (Å²) in [6, 6.07) is 0. The first kappa shape index (κ1) is 6.35. The fraction of sp³-hybridized carbons (Fsp3) is 0. The van der Waals surface area contributed by atoms with Crippen molar-refractivity contribution >= 4 is 22.2 Å². The van der Waals surface area contributed by atoms with Crippen LogP contribution in [0.3, 0.4) is 0 Å². The lowest BCUT2D eigenvalue weighted by Crippen LogP contribution is -1.87. The molecule has 9 heavy (non-hydrogen) atoms. The molecule has 0 spiro atoms. The lowest BCUT2D eigenvalue weighted by atomic mass is 10.5. The highest BCUT2D eigenvalue weighted by Gasteiger charge is 1.90. The highest BCUT2D eigenvalue weighted by atomic mass is 79.9. The maximum Gasteiger partial charge on any atom is 0.255 e. The van der Waals surface area contributed by atoms with Crippen LogP contribution in [0, 0.1) is 0 Å². The predicted molar refractivity (Wildman–Crippen MR) is 34.5 cm³/mol. The number of carbonyl (C=O) groups excluding carboxylic acids is 1. The Hall–Kier alpha value is -0.770. The first-order valence-electron chi connectivity index (χ1n) is 2.18. The van der Waals surface area contributed by atoms with Crippen LogP contribution in [-0.2, 0) is 4.79 Å². The third-order valence-electron chi connectivity index (χ3n) is 0.725. The summed E-state index contributed by atoms with van der Waals surface area (Å²) in [6.07, 6.45) is 4.40. The van der Waals surface area contributed by atoms with E-state index >= 15 is 0 Å². The zero-order valence-electron chi connectivity index (χ0n) is 4.34. The van der Waals surface area contributed by atoms with E-state index in [1.54, 1.807) is 6.29 Å². The van der Waals surface area contributed by atoms with Gasteiger partial charge in [0.1, 0.15) is 10.3 Å². The van der Waals surface area contributed by atoms with Gasteiger partial charge in [-0.2, -0.15) is 0 Å². The van der Waals surface area contributed by atoms with Gasteiger partial charge in [-0.3, -0.25) is 4.79 Å². The fourth-order valence-electron chi connectivity index (χ4n) is 0.365. The maximum absolute atomic E-state index is 9.87. The van der Waals surface area contributed by atoms with Gasteiger partial charge in [-0.05, 0) is 15.9 Å². The Kier molecular flexibility index (Phi) is 1.89. The number of aromatic nitrogens is 2. The normalized spacial score (nSPS) is 9.00. The summed E-state index contributed by atoms with van der Waals surface area (Å²) >= 11 is 3.07. The van der Waals surface area contributed by atoms with Crippen molar-refractivity contribution in [2.75, 3.05) is 0 Å². The lowest BCUT2D eigenvalue weighted by molar-refractivity contribution is 0.561. The lowest BCUT2D eigenvalue weighted by Gasteiger charge is -1.85. The molecule has 0 saturated heterocycles. The van der Waals surface area contributed by atoms with Crippen molar-refractivity contribution in [2.24, 2.45) is 0 Å². The van der Waals surface area contributed by atoms with E-state index in [0.717, 1.165) is 0 Å². The van der Waals surface area contributed by atoms with Crippen molar-refractivity contribution in [3.05, 3.63) is 22.7 Å². The van der Waals surface area contributed by atoms with Crippen molar-refractivity contribution in [1.82, 2.24) is 9.97 Å². The van der Waals surface area contributed by atoms with Crippen LogP contribution in [0.2, 0.25) is 0 Å². The highest BCUT2D eigenvalue weighted by molar-refractivity contribution is 9.10. The first-order chi connectivity index (χ1) is 4.33. The third-order valence-corrected chi connectivity index (χ3v) is 1.13. The van der Waals surface area contributed by atoms with Crippen molar-refractivity contribution in [1.29, 1.82) is 0 Å². The van der Waals surface area contributed by atoms with E-state index < -0.39 is 0 Å². The molecule has 0 aliphatic rings. The fourth-order valence-corrected chi connectivity index (χ4v) is 0.570. The van der Waals surface area contributed by atoms with Gasteiger partial charge in [-0.25, -0.2) is 9.97 Å². The Morgan fingerprint density at radius 2 is 2.22 bits per heavy atom. The summed E-state index contributed by atoms with van der Waals surface area (Å²) < 4.78 is 0.613. The molecule has 1 aromatic heterocycles. The summed E-state index contributed by atoms with van der Waals surface area (Å²) in [6.45, 7) is 0. The molecule has 4 heteroatoms. The highest BCUT2D eigenvalue weighted by Crippen LogP contribution is 2.00. The van der Waals surface area contributed by atoms with Gasteiger partial charge in [0.05, 0.1) is 12.4 Å². The Labute approximate surface area is 60.3 Å². The van der Waals surface area contributed by atoms with Gasteiger partial charge in [-0.15, -0.1) is 0 Å². The molecule has 0 bridgehead atoms. The summed E-state index contributed by atoms with van der Waals surface area (Å²) in [4.78, 5) is 17.3. The van der Waals surface area contributed by atoms with Crippen LogP contribution in [0.15, 0.2) is 17.0 Å². The van der Waals surface area contributed by atoms with E-state index in [9.17, 15) is 4.79 Å². The molecule has 3 nitrogen and oxygen atoms in total. The molecule has 0 fully saturated rings. The molecule has 0 N–H and O–H groups in total. The SMILES string of the molecule is O=[C]c1cnc(Br)cn1. The van der Waals surface area contributed by atoms with Gasteiger partial charge < -0.3 is 0 Å². The van der Waals surface area contributed by atoms with Crippen molar-refractivity contribution in [2.45, 2.75) is 0 Å². The first-order valence-corrected chi connectivity index (χ1v) is 2.98. The number of halogens is 1. The number of nitrogens with zero attached hydrogens (tertiary/aromatic N) is 2. The largest absolute Gasteiger partial charge is 0.283 e. The van der Waals surface area contributed by atoms with Crippen LogP contribution in [0.25, 0.3) is 0 Å². The van der Waals surface area contributed by atoms with E-state index in [1.807, 2.05) is 0 Å². The minimum Gasteiger partial charge on any atom is -0.283 e. The second kappa shape index (κ2) is 2.68. The van der Waals surface area contributed by atoms with E-state index in [-0.39, 0.29) is 5.69 Å². The Morgan fingerprint density at radius 3 is 2.67 bits per heavy atom. The molecule has 0 aliphatic heterocycles. The van der Waals surface area contributed by atoms with Crippen LogP contribution in [0.4, 0.5) is 0 Å². The minimum atomic E-state index is 0.221. The maximum atomic E-state index is 9.87. The summed E-state index contributed by atoms with van der Waals surface area (Å²) in [5.74, 6) is 0. The van der Waals surface area contributed by atoms with Crippen molar-refractivity contribution in [3.63, 3.8) is 0 Å². The molecule has 0 unspecified atom stereocenters. The molecule has 0 aromatic carbocycles. The van der Waals surface area contributed by atoms with Crippen LogP contribution >= 0.6 is 15.9 Å².